The van der Waals surface area contributed by atoms with Crippen LogP contribution < -0.4 is 4.90 Å². The smallest absolute Gasteiger partial charge is 0.245 e. The number of anilines is 1. The first-order valence-corrected chi connectivity index (χ1v) is 9.82. The first-order chi connectivity index (χ1) is 12.2. The lowest BCUT2D eigenvalue weighted by Crippen LogP contribution is -2.57. The maximum Gasteiger partial charge on any atom is 0.245 e. The van der Waals surface area contributed by atoms with Gasteiger partial charge in [-0.25, -0.2) is 12.8 Å². The molecule has 0 aliphatic carbocycles. The first-order valence-electron chi connectivity index (χ1n) is 8.38. The van der Waals surface area contributed by atoms with Crippen LogP contribution in [0.15, 0.2) is 47.4 Å². The number of aryl methyl sites for hydroxylation is 2. The van der Waals surface area contributed by atoms with Gasteiger partial charge >= 0.3 is 0 Å². The van der Waals surface area contributed by atoms with Crippen LogP contribution in [0.5, 0.6) is 0 Å². The van der Waals surface area contributed by atoms with Crippen molar-refractivity contribution in [2.24, 2.45) is 0 Å². The highest BCUT2D eigenvalue weighted by Crippen LogP contribution is 2.28. The van der Waals surface area contributed by atoms with Crippen molar-refractivity contribution in [2.45, 2.75) is 31.7 Å². The first kappa shape index (κ1) is 18.5. The lowest BCUT2D eigenvalue weighted by Gasteiger charge is -2.38. The van der Waals surface area contributed by atoms with E-state index in [1.807, 2.05) is 32.0 Å². The minimum Gasteiger partial charge on any atom is -0.309 e. The van der Waals surface area contributed by atoms with E-state index < -0.39 is 21.9 Å². The molecule has 1 aliphatic rings. The lowest BCUT2D eigenvalue weighted by molar-refractivity contribution is -0.123. The van der Waals surface area contributed by atoms with E-state index in [0.717, 1.165) is 28.9 Å². The predicted molar refractivity (Wildman–Crippen MR) is 98.0 cm³/mol. The largest absolute Gasteiger partial charge is 0.309 e. The molecular weight excluding hydrogens is 355 g/mol. The molecule has 0 bridgehead atoms. The van der Waals surface area contributed by atoms with E-state index in [1.165, 1.54) is 16.4 Å². The van der Waals surface area contributed by atoms with Crippen molar-refractivity contribution in [2.75, 3.05) is 18.0 Å². The van der Waals surface area contributed by atoms with Crippen molar-refractivity contribution >= 4 is 21.6 Å². The summed E-state index contributed by atoms with van der Waals surface area (Å²) in [7, 11) is -3.86. The number of piperazine rings is 1. The Labute approximate surface area is 153 Å². The molecular formula is C19H21FN2O3S. The van der Waals surface area contributed by atoms with Crippen molar-refractivity contribution in [1.29, 1.82) is 0 Å². The van der Waals surface area contributed by atoms with Gasteiger partial charge in [0, 0.05) is 18.8 Å². The van der Waals surface area contributed by atoms with Crippen molar-refractivity contribution in [3.8, 4) is 0 Å². The summed E-state index contributed by atoms with van der Waals surface area (Å²) in [6, 6.07) is 9.63. The zero-order chi connectivity index (χ0) is 19.1. The molecule has 3 rings (SSSR count). The molecule has 5 nitrogen and oxygen atoms in total. The number of benzene rings is 2. The van der Waals surface area contributed by atoms with E-state index in [1.54, 1.807) is 11.8 Å². The minimum atomic E-state index is -3.86. The average molecular weight is 376 g/mol. The molecule has 0 radical (unpaired) electrons. The Morgan fingerprint density at radius 2 is 1.69 bits per heavy atom. The van der Waals surface area contributed by atoms with Crippen LogP contribution >= 0.6 is 0 Å². The molecule has 0 aromatic heterocycles. The van der Waals surface area contributed by atoms with Gasteiger partial charge in [0.25, 0.3) is 0 Å². The topological polar surface area (TPSA) is 57.7 Å². The van der Waals surface area contributed by atoms with Crippen LogP contribution in [-0.4, -0.2) is 37.8 Å². The number of amides is 1. The van der Waals surface area contributed by atoms with Crippen LogP contribution in [0, 0.1) is 19.7 Å². The Hall–Kier alpha value is -2.25. The summed E-state index contributed by atoms with van der Waals surface area (Å²) in [6.07, 6.45) is 0. The fourth-order valence-corrected chi connectivity index (χ4v) is 4.85. The fraction of sp³-hybridized carbons (Fsp3) is 0.316. The zero-order valence-corrected chi connectivity index (χ0v) is 15.8. The standard InChI is InChI=1S/C19H21FN2O3S/c1-13-4-9-18(14(2)12-13)21-10-11-22(15(3)19(21)23)26(24,25)17-7-5-16(20)6-8-17/h4-9,12,15H,10-11H2,1-3H3/t15-/m1/s1. The van der Waals surface area contributed by atoms with E-state index in [-0.39, 0.29) is 23.9 Å². The maximum atomic E-state index is 13.1. The van der Waals surface area contributed by atoms with Gasteiger partial charge in [-0.3, -0.25) is 4.79 Å². The summed E-state index contributed by atoms with van der Waals surface area (Å²) in [5.41, 5.74) is 2.87. The summed E-state index contributed by atoms with van der Waals surface area (Å²) in [5.74, 6) is -0.776. The molecule has 1 fully saturated rings. The Morgan fingerprint density at radius 1 is 1.04 bits per heavy atom. The molecule has 1 heterocycles. The number of nitrogens with zero attached hydrogens (tertiary/aromatic N) is 2. The molecule has 2 aromatic carbocycles. The molecule has 0 unspecified atom stereocenters. The molecule has 26 heavy (non-hydrogen) atoms. The second-order valence-corrected chi connectivity index (χ2v) is 8.42. The van der Waals surface area contributed by atoms with Gasteiger partial charge in [-0.2, -0.15) is 4.31 Å². The van der Waals surface area contributed by atoms with Gasteiger partial charge in [0.1, 0.15) is 11.9 Å². The summed E-state index contributed by atoms with van der Waals surface area (Å²) >= 11 is 0. The van der Waals surface area contributed by atoms with Crippen LogP contribution in [0.3, 0.4) is 0 Å². The lowest BCUT2D eigenvalue weighted by atomic mass is 10.1. The molecule has 1 amide bonds. The number of halogens is 1. The van der Waals surface area contributed by atoms with Gasteiger partial charge in [-0.1, -0.05) is 17.7 Å². The fourth-order valence-electron chi connectivity index (χ4n) is 3.27. The van der Waals surface area contributed by atoms with Crippen molar-refractivity contribution in [3.05, 3.63) is 59.4 Å². The molecule has 1 aliphatic heterocycles. The van der Waals surface area contributed by atoms with Gasteiger partial charge in [-0.05, 0) is 56.7 Å². The SMILES string of the molecule is Cc1ccc(N2CCN(S(=O)(=O)c3ccc(F)cc3)[C@H](C)C2=O)c(C)c1. The van der Waals surface area contributed by atoms with Crippen LogP contribution in [0.1, 0.15) is 18.1 Å². The monoisotopic (exact) mass is 376 g/mol. The van der Waals surface area contributed by atoms with E-state index in [4.69, 9.17) is 0 Å². The second-order valence-electron chi connectivity index (χ2n) is 6.53. The summed E-state index contributed by atoms with van der Waals surface area (Å²) in [5, 5.41) is 0. The minimum absolute atomic E-state index is 0.0153. The van der Waals surface area contributed by atoms with Gasteiger partial charge in [0.05, 0.1) is 4.90 Å². The number of hydrogen-bond donors (Lipinski definition) is 0. The summed E-state index contributed by atoms with van der Waals surface area (Å²) in [6.45, 7) is 5.95. The number of sulfonamides is 1. The second kappa shape index (κ2) is 6.81. The van der Waals surface area contributed by atoms with Crippen LogP contribution in [0.25, 0.3) is 0 Å². The zero-order valence-electron chi connectivity index (χ0n) is 14.9. The Morgan fingerprint density at radius 3 is 2.31 bits per heavy atom. The molecule has 1 atom stereocenters. The summed E-state index contributed by atoms with van der Waals surface area (Å²) < 4.78 is 40.0. The van der Waals surface area contributed by atoms with Crippen LogP contribution in [0.4, 0.5) is 10.1 Å². The third kappa shape index (κ3) is 3.24. The van der Waals surface area contributed by atoms with E-state index in [9.17, 15) is 17.6 Å². The quantitative estimate of drug-likeness (QED) is 0.828. The van der Waals surface area contributed by atoms with Crippen LogP contribution in [-0.2, 0) is 14.8 Å². The Balaban J connectivity index is 1.89. The molecule has 0 spiro atoms. The number of rotatable bonds is 3. The van der Waals surface area contributed by atoms with Crippen molar-refractivity contribution in [1.82, 2.24) is 4.31 Å². The van der Waals surface area contributed by atoms with Gasteiger partial charge < -0.3 is 4.90 Å². The maximum absolute atomic E-state index is 13.1. The van der Waals surface area contributed by atoms with E-state index in [0.29, 0.717) is 0 Å². The highest BCUT2D eigenvalue weighted by molar-refractivity contribution is 7.89. The molecule has 1 saturated heterocycles. The van der Waals surface area contributed by atoms with Gasteiger partial charge in [0.15, 0.2) is 0 Å². The highest BCUT2D eigenvalue weighted by Gasteiger charge is 2.39. The molecule has 0 saturated carbocycles. The number of carbonyl (C=O) groups excluding carboxylic acids is 1. The van der Waals surface area contributed by atoms with Gasteiger partial charge in [0.2, 0.25) is 15.9 Å². The third-order valence-corrected chi connectivity index (χ3v) is 6.65. The average Bonchev–Trinajstić information content (AvgIpc) is 2.58. The molecule has 138 valence electrons. The third-order valence-electron chi connectivity index (χ3n) is 4.66. The molecule has 2 aromatic rings. The predicted octanol–water partition coefficient (Wildman–Crippen LogP) is 2.87. The van der Waals surface area contributed by atoms with Gasteiger partial charge in [-0.15, -0.1) is 0 Å². The van der Waals surface area contributed by atoms with Crippen molar-refractivity contribution in [3.63, 3.8) is 0 Å². The van der Waals surface area contributed by atoms with E-state index in [2.05, 4.69) is 0 Å². The molecule has 0 N–H and O–H groups in total. The number of hydrogen-bond acceptors (Lipinski definition) is 3. The Kier molecular flexibility index (Phi) is 4.86. The summed E-state index contributed by atoms with van der Waals surface area (Å²) in [4.78, 5) is 14.5. The normalized spacial score (nSPS) is 19.0. The highest BCUT2D eigenvalue weighted by atomic mass is 32.2. The van der Waals surface area contributed by atoms with Crippen LogP contribution in [0.2, 0.25) is 0 Å². The molecule has 7 heteroatoms. The van der Waals surface area contributed by atoms with E-state index >= 15 is 0 Å². The Bertz CT molecular complexity index is 942. The van der Waals surface area contributed by atoms with Crippen molar-refractivity contribution < 1.29 is 17.6 Å². The number of carbonyl (C=O) groups is 1.